The van der Waals surface area contributed by atoms with Gasteiger partial charge >= 0.3 is 5.97 Å². The number of carboxylic acids is 1. The van der Waals surface area contributed by atoms with Crippen LogP contribution < -0.4 is 0 Å². The van der Waals surface area contributed by atoms with E-state index in [1.807, 2.05) is 0 Å². The third-order valence-electron chi connectivity index (χ3n) is 2.87. The largest absolute Gasteiger partial charge is 0.508 e. The van der Waals surface area contributed by atoms with Crippen LogP contribution in [0, 0.1) is 0 Å². The monoisotopic (exact) mass is 242 g/mol. The van der Waals surface area contributed by atoms with E-state index in [2.05, 4.69) is 9.97 Å². The van der Waals surface area contributed by atoms with Crippen LogP contribution in [0.5, 0.6) is 5.75 Å². The van der Waals surface area contributed by atoms with Crippen molar-refractivity contribution in [3.05, 3.63) is 42.2 Å². The Labute approximate surface area is 102 Å². The molecule has 18 heavy (non-hydrogen) atoms. The molecule has 2 aromatic heterocycles. The fourth-order valence-corrected chi connectivity index (χ4v) is 2.01. The van der Waals surface area contributed by atoms with Crippen molar-refractivity contribution in [1.29, 1.82) is 0 Å². The molecule has 90 valence electrons. The van der Waals surface area contributed by atoms with Crippen LogP contribution in [0.25, 0.3) is 22.2 Å². The number of phenols is 1. The van der Waals surface area contributed by atoms with Gasteiger partial charge in [0.15, 0.2) is 0 Å². The van der Waals surface area contributed by atoms with E-state index in [0.717, 1.165) is 22.2 Å². The zero-order chi connectivity index (χ0) is 12.7. The Morgan fingerprint density at radius 3 is 2.72 bits per heavy atom. The molecule has 5 nitrogen and oxygen atoms in total. The van der Waals surface area contributed by atoms with Gasteiger partial charge in [-0.3, -0.25) is 0 Å². The third-order valence-corrected chi connectivity index (χ3v) is 2.87. The molecule has 0 fully saturated rings. The number of rotatable bonds is 2. The van der Waals surface area contributed by atoms with Gasteiger partial charge in [0.05, 0.1) is 0 Å². The van der Waals surface area contributed by atoms with Crippen LogP contribution in [0.1, 0.15) is 10.5 Å². The zero-order valence-electron chi connectivity index (χ0n) is 9.27. The van der Waals surface area contributed by atoms with Crippen molar-refractivity contribution >= 4 is 16.9 Å². The third kappa shape index (κ3) is 1.53. The predicted molar refractivity (Wildman–Crippen MR) is 66.7 cm³/mol. The highest BCUT2D eigenvalue weighted by Gasteiger charge is 2.11. The number of H-pyrrole nitrogens is 2. The lowest BCUT2D eigenvalue weighted by molar-refractivity contribution is 0.0691. The van der Waals surface area contributed by atoms with E-state index in [0.29, 0.717) is 0 Å². The molecule has 0 aliphatic carbocycles. The van der Waals surface area contributed by atoms with Crippen LogP contribution in [-0.4, -0.2) is 26.2 Å². The molecule has 0 spiro atoms. The fourth-order valence-electron chi connectivity index (χ4n) is 2.01. The number of carbonyl (C=O) groups is 1. The van der Waals surface area contributed by atoms with Crippen molar-refractivity contribution < 1.29 is 15.0 Å². The number of phenolic OH excluding ortho intramolecular Hbond substituents is 1. The first-order chi connectivity index (χ1) is 8.65. The Hall–Kier alpha value is -2.69. The summed E-state index contributed by atoms with van der Waals surface area (Å²) >= 11 is 0. The van der Waals surface area contributed by atoms with E-state index < -0.39 is 5.97 Å². The number of fused-ring (bicyclic) bond motifs is 1. The average molecular weight is 242 g/mol. The molecule has 0 saturated heterocycles. The zero-order valence-corrected chi connectivity index (χ0v) is 9.27. The van der Waals surface area contributed by atoms with Gasteiger partial charge in [0.2, 0.25) is 0 Å². The van der Waals surface area contributed by atoms with Crippen LogP contribution in [0.4, 0.5) is 0 Å². The minimum atomic E-state index is -0.987. The molecule has 0 aliphatic rings. The maximum absolute atomic E-state index is 10.8. The van der Waals surface area contributed by atoms with Crippen molar-refractivity contribution in [3.63, 3.8) is 0 Å². The molecule has 2 heterocycles. The van der Waals surface area contributed by atoms with Gasteiger partial charge in [-0.05, 0) is 24.3 Å². The summed E-state index contributed by atoms with van der Waals surface area (Å²) in [6, 6.07) is 8.26. The van der Waals surface area contributed by atoms with Crippen LogP contribution in [0.15, 0.2) is 36.5 Å². The average Bonchev–Trinajstić information content (AvgIpc) is 2.92. The summed E-state index contributed by atoms with van der Waals surface area (Å²) in [5.41, 5.74) is 2.55. The second kappa shape index (κ2) is 3.66. The Morgan fingerprint density at radius 2 is 2.00 bits per heavy atom. The summed E-state index contributed by atoms with van der Waals surface area (Å²) in [5.74, 6) is -0.799. The molecule has 0 unspecified atom stereocenters. The number of aromatic nitrogens is 2. The first-order valence-electron chi connectivity index (χ1n) is 5.38. The minimum Gasteiger partial charge on any atom is -0.508 e. The molecule has 0 bridgehead atoms. The normalized spacial score (nSPS) is 10.9. The Morgan fingerprint density at radius 1 is 1.17 bits per heavy atom. The van der Waals surface area contributed by atoms with E-state index in [1.54, 1.807) is 30.5 Å². The molecule has 0 radical (unpaired) electrons. The highest BCUT2D eigenvalue weighted by atomic mass is 16.4. The highest BCUT2D eigenvalue weighted by molar-refractivity contribution is 5.96. The maximum Gasteiger partial charge on any atom is 0.352 e. The van der Waals surface area contributed by atoms with E-state index in [4.69, 9.17) is 5.11 Å². The number of aromatic carboxylic acids is 1. The van der Waals surface area contributed by atoms with E-state index >= 15 is 0 Å². The van der Waals surface area contributed by atoms with Gasteiger partial charge in [-0.25, -0.2) is 4.79 Å². The van der Waals surface area contributed by atoms with Gasteiger partial charge in [-0.15, -0.1) is 0 Å². The first kappa shape index (κ1) is 10.5. The van der Waals surface area contributed by atoms with Crippen LogP contribution >= 0.6 is 0 Å². The number of nitrogens with one attached hydrogen (secondary N) is 2. The molecular weight excluding hydrogens is 232 g/mol. The summed E-state index contributed by atoms with van der Waals surface area (Å²) in [7, 11) is 0. The summed E-state index contributed by atoms with van der Waals surface area (Å²) in [6.45, 7) is 0. The first-order valence-corrected chi connectivity index (χ1v) is 5.38. The molecule has 1 aromatic carbocycles. The SMILES string of the molecule is O=C(O)c1ccc(-c2c[nH]c3cc(O)ccc23)[nH]1. The Bertz CT molecular complexity index is 740. The number of aromatic hydroxyl groups is 1. The minimum absolute atomic E-state index is 0.151. The van der Waals surface area contributed by atoms with Crippen LogP contribution in [0.2, 0.25) is 0 Å². The van der Waals surface area contributed by atoms with E-state index in [1.165, 1.54) is 6.07 Å². The molecule has 0 saturated carbocycles. The Kier molecular flexibility index (Phi) is 2.13. The number of aromatic amines is 2. The second-order valence-electron chi connectivity index (χ2n) is 4.02. The smallest absolute Gasteiger partial charge is 0.352 e. The number of carboxylic acid groups (broad SMARTS) is 1. The van der Waals surface area contributed by atoms with Crippen molar-refractivity contribution in [2.24, 2.45) is 0 Å². The second-order valence-corrected chi connectivity index (χ2v) is 4.02. The predicted octanol–water partition coefficient (Wildman–Crippen LogP) is 2.57. The highest BCUT2D eigenvalue weighted by Crippen LogP contribution is 2.29. The van der Waals surface area contributed by atoms with Crippen molar-refractivity contribution in [3.8, 4) is 17.0 Å². The topological polar surface area (TPSA) is 89.1 Å². The number of hydrogen-bond acceptors (Lipinski definition) is 2. The molecule has 0 atom stereocenters. The fraction of sp³-hybridized carbons (Fsp3) is 0. The molecule has 0 aliphatic heterocycles. The summed E-state index contributed by atoms with van der Waals surface area (Å²) in [5, 5.41) is 19.2. The summed E-state index contributed by atoms with van der Waals surface area (Å²) in [6.07, 6.45) is 1.78. The maximum atomic E-state index is 10.8. The number of hydrogen-bond donors (Lipinski definition) is 4. The summed E-state index contributed by atoms with van der Waals surface area (Å²) in [4.78, 5) is 16.7. The lowest BCUT2D eigenvalue weighted by Gasteiger charge is -1.96. The lowest BCUT2D eigenvalue weighted by Crippen LogP contribution is -1.95. The van der Waals surface area contributed by atoms with Gasteiger partial charge < -0.3 is 20.2 Å². The van der Waals surface area contributed by atoms with Crippen LogP contribution in [0.3, 0.4) is 0 Å². The van der Waals surface area contributed by atoms with Gasteiger partial charge in [0, 0.05) is 34.4 Å². The molecule has 0 amide bonds. The molecular formula is C13H10N2O3. The molecule has 3 rings (SSSR count). The van der Waals surface area contributed by atoms with Gasteiger partial charge in [-0.2, -0.15) is 0 Å². The molecule has 4 N–H and O–H groups in total. The molecule has 3 aromatic rings. The number of benzene rings is 1. The quantitative estimate of drug-likeness (QED) is 0.556. The van der Waals surface area contributed by atoms with Crippen molar-refractivity contribution in [2.75, 3.05) is 0 Å². The van der Waals surface area contributed by atoms with Gasteiger partial charge in [0.25, 0.3) is 0 Å². The van der Waals surface area contributed by atoms with Crippen LogP contribution in [-0.2, 0) is 0 Å². The van der Waals surface area contributed by atoms with E-state index in [9.17, 15) is 9.90 Å². The summed E-state index contributed by atoms with van der Waals surface area (Å²) < 4.78 is 0. The van der Waals surface area contributed by atoms with Crippen molar-refractivity contribution in [2.45, 2.75) is 0 Å². The van der Waals surface area contributed by atoms with E-state index in [-0.39, 0.29) is 11.4 Å². The van der Waals surface area contributed by atoms with Gasteiger partial charge in [-0.1, -0.05) is 0 Å². The Balaban J connectivity index is 2.16. The van der Waals surface area contributed by atoms with Crippen molar-refractivity contribution in [1.82, 2.24) is 9.97 Å². The lowest BCUT2D eigenvalue weighted by atomic mass is 10.1. The molecule has 5 heteroatoms. The standard InChI is InChI=1S/C13H10N2O3/c16-7-1-2-8-9(6-14-12(8)5-7)10-3-4-11(15-10)13(17)18/h1-6,14-16H,(H,17,18). The van der Waals surface area contributed by atoms with Gasteiger partial charge in [0.1, 0.15) is 11.4 Å².